The first-order valence-corrected chi connectivity index (χ1v) is 7.16. The second-order valence-corrected chi connectivity index (χ2v) is 6.57. The summed E-state index contributed by atoms with van der Waals surface area (Å²) in [6.45, 7) is 9.18. The van der Waals surface area contributed by atoms with E-state index < -0.39 is 0 Å². The molecule has 98 valence electrons. The number of carbonyl (C=O) groups is 1. The highest BCUT2D eigenvalue weighted by Gasteiger charge is 2.56. The summed E-state index contributed by atoms with van der Waals surface area (Å²) in [7, 11) is 0. The van der Waals surface area contributed by atoms with Crippen molar-refractivity contribution >= 4 is 5.97 Å². The van der Waals surface area contributed by atoms with Gasteiger partial charge in [0, 0.05) is 6.42 Å². The third-order valence-electron chi connectivity index (χ3n) is 5.44. The Bertz CT molecular complexity index is 291. The molecular weight excluding hydrogens is 212 g/mol. The van der Waals surface area contributed by atoms with Crippen LogP contribution in [-0.2, 0) is 9.53 Å². The first kappa shape index (κ1) is 12.9. The van der Waals surface area contributed by atoms with Crippen LogP contribution in [0.25, 0.3) is 0 Å². The highest BCUT2D eigenvalue weighted by Crippen LogP contribution is 2.59. The first-order valence-electron chi connectivity index (χ1n) is 7.16. The van der Waals surface area contributed by atoms with Crippen molar-refractivity contribution < 1.29 is 9.53 Å². The lowest BCUT2D eigenvalue weighted by Gasteiger charge is -2.39. The van der Waals surface area contributed by atoms with Crippen LogP contribution in [-0.4, -0.2) is 12.1 Å². The summed E-state index contributed by atoms with van der Waals surface area (Å²) in [5.74, 6) is 2.08. The topological polar surface area (TPSA) is 26.3 Å². The molecule has 2 aliphatic rings. The summed E-state index contributed by atoms with van der Waals surface area (Å²) < 4.78 is 5.67. The lowest BCUT2D eigenvalue weighted by molar-refractivity contribution is -0.154. The monoisotopic (exact) mass is 238 g/mol. The van der Waals surface area contributed by atoms with Crippen molar-refractivity contribution in [3.63, 3.8) is 0 Å². The average Bonchev–Trinajstić information content (AvgIpc) is 2.76. The molecule has 2 rings (SSSR count). The minimum absolute atomic E-state index is 0.0226. The van der Waals surface area contributed by atoms with Gasteiger partial charge in [-0.05, 0) is 42.4 Å². The minimum atomic E-state index is 0.0226. The standard InChI is InChI=1S/C15H26O2/c1-5-6-7-14(16)17-13-9-11-8-12(13)10(2)15(11,3)4/h10-13H,5-9H2,1-4H3. The number of hydrogen-bond donors (Lipinski definition) is 0. The summed E-state index contributed by atoms with van der Waals surface area (Å²) in [6, 6.07) is 0. The molecule has 0 aromatic rings. The number of esters is 1. The van der Waals surface area contributed by atoms with Crippen LogP contribution < -0.4 is 0 Å². The predicted octanol–water partition coefficient (Wildman–Crippen LogP) is 3.79. The molecule has 4 atom stereocenters. The Kier molecular flexibility index (Phi) is 3.51. The summed E-state index contributed by atoms with van der Waals surface area (Å²) in [5, 5.41) is 0. The van der Waals surface area contributed by atoms with Gasteiger partial charge in [-0.2, -0.15) is 0 Å². The number of rotatable bonds is 4. The van der Waals surface area contributed by atoms with E-state index >= 15 is 0 Å². The number of fused-ring (bicyclic) bond motifs is 2. The van der Waals surface area contributed by atoms with Crippen molar-refractivity contribution in [1.29, 1.82) is 0 Å². The second kappa shape index (κ2) is 4.62. The van der Waals surface area contributed by atoms with Gasteiger partial charge in [-0.1, -0.05) is 34.1 Å². The van der Waals surface area contributed by atoms with Gasteiger partial charge in [-0.15, -0.1) is 0 Å². The van der Waals surface area contributed by atoms with Gasteiger partial charge in [-0.25, -0.2) is 0 Å². The van der Waals surface area contributed by atoms with Crippen LogP contribution in [0.5, 0.6) is 0 Å². The van der Waals surface area contributed by atoms with Crippen molar-refractivity contribution in [3.8, 4) is 0 Å². The zero-order valence-electron chi connectivity index (χ0n) is 11.7. The Labute approximate surface area is 105 Å². The summed E-state index contributed by atoms with van der Waals surface area (Å²) in [6.07, 6.45) is 5.20. The van der Waals surface area contributed by atoms with Crippen LogP contribution in [0.2, 0.25) is 0 Å². The summed E-state index contributed by atoms with van der Waals surface area (Å²) >= 11 is 0. The van der Waals surface area contributed by atoms with Crippen LogP contribution in [0.3, 0.4) is 0 Å². The van der Waals surface area contributed by atoms with E-state index in [0.717, 1.165) is 25.2 Å². The largest absolute Gasteiger partial charge is 0.462 e. The third-order valence-corrected chi connectivity index (χ3v) is 5.44. The van der Waals surface area contributed by atoms with E-state index in [-0.39, 0.29) is 12.1 Å². The number of ether oxygens (including phenoxy) is 1. The van der Waals surface area contributed by atoms with Crippen LogP contribution >= 0.6 is 0 Å². The molecule has 4 unspecified atom stereocenters. The molecule has 2 aliphatic carbocycles. The molecule has 0 radical (unpaired) electrons. The molecular formula is C15H26O2. The molecule has 0 aromatic heterocycles. The Morgan fingerprint density at radius 3 is 2.59 bits per heavy atom. The number of unbranched alkanes of at least 4 members (excludes halogenated alkanes) is 1. The lowest BCUT2D eigenvalue weighted by Crippen LogP contribution is -2.37. The molecule has 2 fully saturated rings. The maximum atomic E-state index is 11.7. The number of carbonyl (C=O) groups excluding carboxylic acids is 1. The van der Waals surface area contributed by atoms with Gasteiger partial charge in [0.05, 0.1) is 0 Å². The van der Waals surface area contributed by atoms with Crippen LogP contribution in [0.15, 0.2) is 0 Å². The Morgan fingerprint density at radius 1 is 1.35 bits per heavy atom. The van der Waals surface area contributed by atoms with E-state index in [1.54, 1.807) is 0 Å². The molecule has 0 amide bonds. The van der Waals surface area contributed by atoms with Crippen molar-refractivity contribution in [3.05, 3.63) is 0 Å². The Morgan fingerprint density at radius 2 is 2.06 bits per heavy atom. The molecule has 0 spiro atoms. The van der Waals surface area contributed by atoms with E-state index in [2.05, 4.69) is 27.7 Å². The maximum Gasteiger partial charge on any atom is 0.306 e. The molecule has 2 heteroatoms. The van der Waals surface area contributed by atoms with Crippen LogP contribution in [0.4, 0.5) is 0 Å². The summed E-state index contributed by atoms with van der Waals surface area (Å²) in [4.78, 5) is 11.7. The quantitative estimate of drug-likeness (QED) is 0.696. The fourth-order valence-corrected chi connectivity index (χ4v) is 3.77. The lowest BCUT2D eigenvalue weighted by atomic mass is 9.69. The molecule has 2 saturated carbocycles. The van der Waals surface area contributed by atoms with Gasteiger partial charge in [0.25, 0.3) is 0 Å². The Balaban J connectivity index is 1.89. The minimum Gasteiger partial charge on any atom is -0.462 e. The number of hydrogen-bond acceptors (Lipinski definition) is 2. The molecule has 2 nitrogen and oxygen atoms in total. The summed E-state index contributed by atoms with van der Waals surface area (Å²) in [5.41, 5.74) is 0.441. The van der Waals surface area contributed by atoms with Gasteiger partial charge in [0.2, 0.25) is 0 Å². The zero-order chi connectivity index (χ0) is 12.6. The van der Waals surface area contributed by atoms with Gasteiger partial charge in [-0.3, -0.25) is 4.79 Å². The molecule has 0 aromatic carbocycles. The fourth-order valence-electron chi connectivity index (χ4n) is 3.77. The zero-order valence-corrected chi connectivity index (χ0v) is 11.7. The average molecular weight is 238 g/mol. The highest BCUT2D eigenvalue weighted by atomic mass is 16.5. The molecule has 0 N–H and O–H groups in total. The maximum absolute atomic E-state index is 11.7. The van der Waals surface area contributed by atoms with Crippen molar-refractivity contribution in [1.82, 2.24) is 0 Å². The van der Waals surface area contributed by atoms with Gasteiger partial charge < -0.3 is 4.74 Å². The Hall–Kier alpha value is -0.530. The van der Waals surface area contributed by atoms with Crippen LogP contribution in [0.1, 0.15) is 59.8 Å². The van der Waals surface area contributed by atoms with Crippen molar-refractivity contribution in [2.75, 3.05) is 0 Å². The van der Waals surface area contributed by atoms with Crippen molar-refractivity contribution in [2.24, 2.45) is 23.2 Å². The van der Waals surface area contributed by atoms with Crippen molar-refractivity contribution in [2.45, 2.75) is 65.9 Å². The van der Waals surface area contributed by atoms with Gasteiger partial charge in [0.1, 0.15) is 6.10 Å². The van der Waals surface area contributed by atoms with Gasteiger partial charge >= 0.3 is 5.97 Å². The van der Waals surface area contributed by atoms with E-state index in [0.29, 0.717) is 23.7 Å². The van der Waals surface area contributed by atoms with E-state index in [1.807, 2.05) is 0 Å². The molecule has 0 saturated heterocycles. The smallest absolute Gasteiger partial charge is 0.306 e. The molecule has 0 aliphatic heterocycles. The molecule has 2 bridgehead atoms. The fraction of sp³-hybridized carbons (Fsp3) is 0.933. The van der Waals surface area contributed by atoms with Gasteiger partial charge in [0.15, 0.2) is 0 Å². The normalized spacial score (nSPS) is 38.4. The van der Waals surface area contributed by atoms with E-state index in [1.165, 1.54) is 6.42 Å². The third kappa shape index (κ3) is 2.23. The molecule has 0 heterocycles. The second-order valence-electron chi connectivity index (χ2n) is 6.57. The predicted molar refractivity (Wildman–Crippen MR) is 68.6 cm³/mol. The van der Waals surface area contributed by atoms with E-state index in [4.69, 9.17) is 4.74 Å². The highest BCUT2D eigenvalue weighted by molar-refractivity contribution is 5.69. The SMILES string of the molecule is CCCCC(=O)OC1CC2CC1C(C)C2(C)C. The first-order chi connectivity index (χ1) is 7.96. The van der Waals surface area contributed by atoms with Crippen LogP contribution in [0, 0.1) is 23.2 Å². The van der Waals surface area contributed by atoms with E-state index in [9.17, 15) is 4.79 Å². The molecule has 17 heavy (non-hydrogen) atoms.